The zero-order valence-electron chi connectivity index (χ0n) is 31.7. The van der Waals surface area contributed by atoms with Gasteiger partial charge < -0.3 is 19.3 Å². The van der Waals surface area contributed by atoms with Gasteiger partial charge in [-0.3, -0.25) is 9.59 Å². The van der Waals surface area contributed by atoms with E-state index in [0.29, 0.717) is 25.0 Å². The van der Waals surface area contributed by atoms with Gasteiger partial charge in [-0.15, -0.1) is 0 Å². The summed E-state index contributed by atoms with van der Waals surface area (Å²) in [6.45, 7) is 4.27. The number of rotatable bonds is 37. The second kappa shape index (κ2) is 34.1. The van der Waals surface area contributed by atoms with Crippen molar-refractivity contribution in [1.82, 2.24) is 0 Å². The van der Waals surface area contributed by atoms with Gasteiger partial charge in [-0.2, -0.15) is 0 Å². The molecule has 3 atom stereocenters. The lowest BCUT2D eigenvalue weighted by Crippen LogP contribution is -2.25. The van der Waals surface area contributed by atoms with E-state index >= 15 is 0 Å². The number of esters is 2. The molecule has 1 aliphatic rings. The normalized spacial score (nSPS) is 16.4. The first kappa shape index (κ1) is 44.6. The van der Waals surface area contributed by atoms with Crippen molar-refractivity contribution in [2.24, 2.45) is 0 Å². The number of ether oxygens (including phenoxy) is 3. The van der Waals surface area contributed by atoms with Crippen LogP contribution in [0, 0.1) is 0 Å². The smallest absolute Gasteiger partial charge is 0.305 e. The van der Waals surface area contributed by atoms with E-state index in [1.54, 1.807) is 0 Å². The highest BCUT2D eigenvalue weighted by Gasteiger charge is 2.36. The minimum absolute atomic E-state index is 0.119. The fourth-order valence-electron chi connectivity index (χ4n) is 6.39. The maximum Gasteiger partial charge on any atom is 0.305 e. The molecular weight excluding hydrogens is 600 g/mol. The monoisotopic (exact) mass is 679 g/mol. The van der Waals surface area contributed by atoms with E-state index in [1.807, 2.05) is 0 Å². The largest absolute Gasteiger partial charge is 0.463 e. The third-order valence-electron chi connectivity index (χ3n) is 9.67. The quantitative estimate of drug-likeness (QED) is 0.0305. The highest BCUT2D eigenvalue weighted by Crippen LogP contribution is 2.30. The summed E-state index contributed by atoms with van der Waals surface area (Å²) in [7, 11) is 0. The average Bonchev–Trinajstić information content (AvgIpc) is 3.84. The van der Waals surface area contributed by atoms with Gasteiger partial charge >= 0.3 is 11.9 Å². The molecule has 0 saturated carbocycles. The van der Waals surface area contributed by atoms with Gasteiger partial charge in [-0.1, -0.05) is 174 Å². The van der Waals surface area contributed by atoms with Gasteiger partial charge in [0.25, 0.3) is 0 Å². The van der Waals surface area contributed by atoms with Crippen molar-refractivity contribution >= 4 is 11.9 Å². The summed E-state index contributed by atoms with van der Waals surface area (Å²) >= 11 is 0. The molecule has 0 bridgehead atoms. The maximum absolute atomic E-state index is 12.0. The summed E-state index contributed by atoms with van der Waals surface area (Å²) in [4.78, 5) is 24.0. The predicted molar refractivity (Wildman–Crippen MR) is 200 cm³/mol. The third kappa shape index (κ3) is 30.6. The molecule has 6 nitrogen and oxygen atoms in total. The molecule has 0 aliphatic carbocycles. The van der Waals surface area contributed by atoms with E-state index in [0.717, 1.165) is 57.8 Å². The van der Waals surface area contributed by atoms with Crippen LogP contribution in [0.5, 0.6) is 0 Å². The van der Waals surface area contributed by atoms with E-state index in [9.17, 15) is 14.7 Å². The zero-order chi connectivity index (χ0) is 34.8. The number of aliphatic hydroxyl groups excluding tert-OH is 1. The van der Waals surface area contributed by atoms with Gasteiger partial charge in [0.15, 0.2) is 0 Å². The maximum atomic E-state index is 12.0. The third-order valence-corrected chi connectivity index (χ3v) is 9.67. The Morgan fingerprint density at radius 2 is 0.938 bits per heavy atom. The number of carbonyl (C=O) groups is 2. The molecule has 48 heavy (non-hydrogen) atoms. The summed E-state index contributed by atoms with van der Waals surface area (Å²) in [5, 5.41) is 10.0. The predicted octanol–water partition coefficient (Wildman–Crippen LogP) is 11.9. The molecular formula is C42H78O6. The molecule has 0 radical (unpaired) electrons. The molecule has 1 saturated heterocycles. The van der Waals surface area contributed by atoms with E-state index in [4.69, 9.17) is 14.2 Å². The van der Waals surface area contributed by atoms with Crippen LogP contribution < -0.4 is 0 Å². The van der Waals surface area contributed by atoms with Crippen molar-refractivity contribution in [3.05, 3.63) is 12.2 Å². The summed E-state index contributed by atoms with van der Waals surface area (Å²) in [6, 6.07) is 0. The van der Waals surface area contributed by atoms with E-state index in [-0.39, 0.29) is 25.2 Å². The lowest BCUT2D eigenvalue weighted by molar-refractivity contribution is -0.152. The van der Waals surface area contributed by atoms with Crippen molar-refractivity contribution in [2.75, 3.05) is 13.2 Å². The zero-order valence-corrected chi connectivity index (χ0v) is 31.7. The van der Waals surface area contributed by atoms with E-state index in [1.165, 1.54) is 128 Å². The molecule has 0 aromatic carbocycles. The molecule has 1 rings (SSSR count). The number of hydrogen-bond acceptors (Lipinski definition) is 6. The van der Waals surface area contributed by atoms with Crippen LogP contribution in [0.25, 0.3) is 0 Å². The summed E-state index contributed by atoms with van der Waals surface area (Å²) in [5.74, 6) is -0.577. The first-order valence-electron chi connectivity index (χ1n) is 20.9. The Morgan fingerprint density at radius 3 is 1.40 bits per heavy atom. The number of carbonyl (C=O) groups excluding carboxylic acids is 2. The molecule has 282 valence electrons. The Morgan fingerprint density at radius 1 is 0.542 bits per heavy atom. The van der Waals surface area contributed by atoms with Crippen molar-refractivity contribution in [1.29, 1.82) is 0 Å². The Balaban J connectivity index is 1.79. The lowest BCUT2D eigenvalue weighted by Gasteiger charge is -2.12. The number of epoxide rings is 1. The molecule has 0 spiro atoms. The fourth-order valence-corrected chi connectivity index (χ4v) is 6.39. The van der Waals surface area contributed by atoms with Gasteiger partial charge in [-0.25, -0.2) is 0 Å². The molecule has 0 aromatic rings. The number of aliphatic hydroxyl groups is 1. The molecule has 1 heterocycles. The first-order chi connectivity index (χ1) is 23.6. The Bertz CT molecular complexity index is 752. The van der Waals surface area contributed by atoms with Crippen molar-refractivity contribution in [3.8, 4) is 0 Å². The van der Waals surface area contributed by atoms with Crippen LogP contribution in [0.15, 0.2) is 12.2 Å². The Kier molecular flexibility index (Phi) is 31.7. The Hall–Kier alpha value is -1.40. The molecule has 0 amide bonds. The second-order valence-corrected chi connectivity index (χ2v) is 14.5. The minimum Gasteiger partial charge on any atom is -0.463 e. The Labute approximate surface area is 296 Å². The topological polar surface area (TPSA) is 85.4 Å². The number of hydrogen-bond donors (Lipinski definition) is 1. The van der Waals surface area contributed by atoms with Crippen molar-refractivity contribution in [3.63, 3.8) is 0 Å². The lowest BCUT2D eigenvalue weighted by atomic mass is 10.0. The number of allylic oxidation sites excluding steroid dienone is 1. The van der Waals surface area contributed by atoms with Crippen molar-refractivity contribution < 1.29 is 28.9 Å². The molecule has 6 heteroatoms. The number of unbranched alkanes of at least 4 members (excludes halogenated alkanes) is 24. The molecule has 0 aromatic heterocycles. The molecule has 2 unspecified atom stereocenters. The molecule has 1 aliphatic heterocycles. The fraction of sp³-hybridized carbons (Fsp3) is 0.905. The van der Waals surface area contributed by atoms with Crippen LogP contribution in [0.1, 0.15) is 213 Å². The van der Waals surface area contributed by atoms with Gasteiger partial charge in [-0.05, 0) is 38.5 Å². The van der Waals surface area contributed by atoms with Gasteiger partial charge in [0, 0.05) is 12.8 Å². The van der Waals surface area contributed by atoms with Crippen molar-refractivity contribution in [2.45, 2.75) is 231 Å². The van der Waals surface area contributed by atoms with Crippen LogP contribution in [0.2, 0.25) is 0 Å². The second-order valence-electron chi connectivity index (χ2n) is 14.5. The molecule has 1 N–H and O–H groups in total. The van der Waals surface area contributed by atoms with Gasteiger partial charge in [0.1, 0.15) is 19.3 Å². The van der Waals surface area contributed by atoms with Gasteiger partial charge in [0.05, 0.1) is 12.2 Å². The minimum atomic E-state index is -0.969. The summed E-state index contributed by atoms with van der Waals surface area (Å²) in [6.07, 6.45) is 41.5. The van der Waals surface area contributed by atoms with E-state index in [2.05, 4.69) is 26.0 Å². The van der Waals surface area contributed by atoms with Crippen LogP contribution in [-0.2, 0) is 23.8 Å². The SMILES string of the molecule is CCCCC/C=C\CC1OC1CCCCCCCC(=O)OC[C@@H](O)COC(=O)CCCCCCCCCCCCCCCCCCCC. The first-order valence-corrected chi connectivity index (χ1v) is 20.9. The van der Waals surface area contributed by atoms with Crippen LogP contribution in [0.3, 0.4) is 0 Å². The van der Waals surface area contributed by atoms with E-state index < -0.39 is 6.10 Å². The van der Waals surface area contributed by atoms with Crippen LogP contribution >= 0.6 is 0 Å². The van der Waals surface area contributed by atoms with Gasteiger partial charge in [0.2, 0.25) is 0 Å². The highest BCUT2D eigenvalue weighted by molar-refractivity contribution is 5.69. The average molecular weight is 679 g/mol. The standard InChI is InChI=1S/C42H78O6/c1-3-5-7-9-11-12-13-14-15-16-17-18-19-20-21-22-26-30-34-41(44)46-36-38(43)37-47-42(45)35-31-27-23-25-29-33-40-39(48-40)32-28-24-10-8-6-4-2/h24,28,38-40,43H,3-23,25-27,29-37H2,1-2H3/b28-24-/t38-,39?,40?/m0/s1. The van der Waals surface area contributed by atoms with Crippen LogP contribution in [-0.4, -0.2) is 48.6 Å². The highest BCUT2D eigenvalue weighted by atomic mass is 16.6. The summed E-state index contributed by atoms with van der Waals surface area (Å²) in [5.41, 5.74) is 0. The summed E-state index contributed by atoms with van der Waals surface area (Å²) < 4.78 is 16.1. The van der Waals surface area contributed by atoms with Crippen LogP contribution in [0.4, 0.5) is 0 Å². The molecule has 1 fully saturated rings.